The second-order valence-electron chi connectivity index (χ2n) is 11.5. The van der Waals surface area contributed by atoms with Gasteiger partial charge in [0.2, 0.25) is 0 Å². The van der Waals surface area contributed by atoms with E-state index in [1.165, 1.54) is 32.1 Å². The maximum Gasteiger partial charge on any atom is 0.333 e. The molecule has 0 aliphatic heterocycles. The van der Waals surface area contributed by atoms with E-state index in [0.717, 1.165) is 31.1 Å². The fraction of sp³-hybridized carbons (Fsp3) is 0.786. The first-order valence-electron chi connectivity index (χ1n) is 12.7. The second-order valence-corrected chi connectivity index (χ2v) is 11.5. The molecule has 0 spiro atoms. The summed E-state index contributed by atoms with van der Waals surface area (Å²) in [4.78, 5) is 24.6. The molecule has 4 heteroatoms. The van der Waals surface area contributed by atoms with Crippen LogP contribution in [0, 0.1) is 34.5 Å². The predicted molar refractivity (Wildman–Crippen MR) is 128 cm³/mol. The van der Waals surface area contributed by atoms with Crippen LogP contribution in [0.1, 0.15) is 92.9 Å². The second kappa shape index (κ2) is 9.35. The first-order chi connectivity index (χ1) is 15.0. The molecule has 4 aliphatic rings. The summed E-state index contributed by atoms with van der Waals surface area (Å²) in [7, 11) is 0. The van der Waals surface area contributed by atoms with Crippen molar-refractivity contribution < 1.29 is 19.1 Å². The molecule has 4 bridgehead atoms. The van der Waals surface area contributed by atoms with Crippen LogP contribution in [-0.4, -0.2) is 24.1 Å². The van der Waals surface area contributed by atoms with Gasteiger partial charge in [-0.05, 0) is 102 Å². The van der Waals surface area contributed by atoms with Crippen molar-refractivity contribution in [1.29, 1.82) is 0 Å². The average Bonchev–Trinajstić information content (AvgIpc) is 2.67. The smallest absolute Gasteiger partial charge is 0.333 e. The van der Waals surface area contributed by atoms with Gasteiger partial charge in [-0.15, -0.1) is 0 Å². The van der Waals surface area contributed by atoms with Crippen molar-refractivity contribution in [2.24, 2.45) is 34.5 Å². The lowest BCUT2D eigenvalue weighted by Gasteiger charge is -2.67. The Morgan fingerprint density at radius 3 is 1.44 bits per heavy atom. The largest absolute Gasteiger partial charge is 0.459 e. The normalized spacial score (nSPS) is 34.3. The van der Waals surface area contributed by atoms with Crippen LogP contribution in [0.25, 0.3) is 0 Å². The van der Waals surface area contributed by atoms with Crippen LogP contribution in [0.4, 0.5) is 0 Å². The van der Waals surface area contributed by atoms with Gasteiger partial charge in [-0.1, -0.05) is 27.0 Å². The Balaban J connectivity index is 1.88. The molecule has 4 atom stereocenters. The van der Waals surface area contributed by atoms with Crippen molar-refractivity contribution in [1.82, 2.24) is 0 Å². The molecule has 0 saturated heterocycles. The Kier molecular flexibility index (Phi) is 7.32. The summed E-state index contributed by atoms with van der Waals surface area (Å²) in [5.74, 6) is 1.60. The van der Waals surface area contributed by atoms with Gasteiger partial charge in [-0.3, -0.25) is 0 Å². The van der Waals surface area contributed by atoms with Crippen molar-refractivity contribution in [3.63, 3.8) is 0 Å². The summed E-state index contributed by atoms with van der Waals surface area (Å²) in [6, 6.07) is 0. The lowest BCUT2D eigenvalue weighted by molar-refractivity contribution is -0.196. The van der Waals surface area contributed by atoms with Crippen LogP contribution in [0.15, 0.2) is 24.3 Å². The van der Waals surface area contributed by atoms with E-state index in [1.54, 1.807) is 13.8 Å². The Hall–Kier alpha value is -1.58. The van der Waals surface area contributed by atoms with Crippen molar-refractivity contribution in [3.05, 3.63) is 24.3 Å². The quantitative estimate of drug-likeness (QED) is 0.280. The standard InChI is InChI=1S/C28H44O4/c1-9-23(19(7)31-25(29)17(3)4)27-12-21-11-22(13-27)15-28(14-21,16-27)24(10-2)20(8)32-26(30)18(5)6/h19-24H,3,5,9-16H2,1-2,4,6-8H3. The van der Waals surface area contributed by atoms with E-state index in [2.05, 4.69) is 40.9 Å². The Labute approximate surface area is 195 Å². The number of ether oxygens (including phenoxy) is 2. The number of hydrogen-bond donors (Lipinski definition) is 0. The lowest BCUT2D eigenvalue weighted by Crippen LogP contribution is -2.59. The molecule has 4 unspecified atom stereocenters. The van der Waals surface area contributed by atoms with Gasteiger partial charge in [0, 0.05) is 23.0 Å². The van der Waals surface area contributed by atoms with Crippen molar-refractivity contribution >= 4 is 11.9 Å². The average molecular weight is 445 g/mol. The van der Waals surface area contributed by atoms with Gasteiger partial charge in [0.1, 0.15) is 12.2 Å². The molecule has 0 heterocycles. The molecule has 180 valence electrons. The van der Waals surface area contributed by atoms with E-state index in [1.807, 2.05) is 0 Å². The van der Waals surface area contributed by atoms with Gasteiger partial charge in [0.15, 0.2) is 0 Å². The molecule has 0 aromatic heterocycles. The topological polar surface area (TPSA) is 52.6 Å². The van der Waals surface area contributed by atoms with Crippen molar-refractivity contribution in [3.8, 4) is 0 Å². The number of carbonyl (C=O) groups is 2. The maximum atomic E-state index is 12.3. The van der Waals surface area contributed by atoms with E-state index in [9.17, 15) is 9.59 Å². The zero-order chi connectivity index (χ0) is 23.8. The molecule has 0 amide bonds. The summed E-state index contributed by atoms with van der Waals surface area (Å²) < 4.78 is 11.8. The summed E-state index contributed by atoms with van der Waals surface area (Å²) in [5, 5.41) is 0. The minimum Gasteiger partial charge on any atom is -0.459 e. The number of rotatable bonds is 10. The minimum absolute atomic E-state index is 0.115. The molecule has 0 aromatic carbocycles. The van der Waals surface area contributed by atoms with E-state index in [4.69, 9.17) is 9.47 Å². The Morgan fingerprint density at radius 1 is 0.812 bits per heavy atom. The first kappa shape index (κ1) is 25.1. The highest BCUT2D eigenvalue weighted by Gasteiger charge is 2.62. The maximum absolute atomic E-state index is 12.3. The number of carbonyl (C=O) groups excluding carboxylic acids is 2. The third-order valence-corrected chi connectivity index (χ3v) is 9.02. The fourth-order valence-electron chi connectivity index (χ4n) is 8.50. The zero-order valence-electron chi connectivity index (χ0n) is 21.2. The zero-order valence-corrected chi connectivity index (χ0v) is 21.2. The van der Waals surface area contributed by atoms with Crippen LogP contribution >= 0.6 is 0 Å². The summed E-state index contributed by atoms with van der Waals surface area (Å²) in [6.45, 7) is 19.6. The highest BCUT2D eigenvalue weighted by atomic mass is 16.5. The molecule has 4 nitrogen and oxygen atoms in total. The van der Waals surface area contributed by atoms with Gasteiger partial charge in [-0.25, -0.2) is 9.59 Å². The molecular formula is C28H44O4. The molecule has 32 heavy (non-hydrogen) atoms. The summed E-state index contributed by atoms with van der Waals surface area (Å²) in [6.07, 6.45) is 9.26. The van der Waals surface area contributed by atoms with Crippen LogP contribution in [-0.2, 0) is 19.1 Å². The SMILES string of the molecule is C=C(C)C(=O)OC(C)C(CC)C12CC3CC(C1)CC(C(CC)C(C)OC(=O)C(=C)C)(C3)C2. The highest BCUT2D eigenvalue weighted by Crippen LogP contribution is 2.71. The third-order valence-electron chi connectivity index (χ3n) is 9.02. The van der Waals surface area contributed by atoms with Crippen molar-refractivity contribution in [2.75, 3.05) is 0 Å². The van der Waals surface area contributed by atoms with E-state index in [0.29, 0.717) is 23.0 Å². The molecule has 4 rings (SSSR count). The summed E-state index contributed by atoms with van der Waals surface area (Å²) >= 11 is 0. The summed E-state index contributed by atoms with van der Waals surface area (Å²) in [5.41, 5.74) is 1.35. The third kappa shape index (κ3) is 4.56. The number of esters is 2. The minimum atomic E-state index is -0.276. The van der Waals surface area contributed by atoms with Crippen LogP contribution in [0.2, 0.25) is 0 Å². The van der Waals surface area contributed by atoms with Crippen molar-refractivity contribution in [2.45, 2.75) is 105 Å². The Morgan fingerprint density at radius 2 is 1.16 bits per heavy atom. The van der Waals surface area contributed by atoms with Gasteiger partial charge in [0.25, 0.3) is 0 Å². The molecule has 4 aliphatic carbocycles. The first-order valence-corrected chi connectivity index (χ1v) is 12.7. The molecule has 4 saturated carbocycles. The lowest BCUT2D eigenvalue weighted by atomic mass is 9.38. The van der Waals surface area contributed by atoms with Crippen LogP contribution in [0.5, 0.6) is 0 Å². The van der Waals surface area contributed by atoms with Crippen LogP contribution in [0.3, 0.4) is 0 Å². The monoisotopic (exact) mass is 444 g/mol. The van der Waals surface area contributed by atoms with Gasteiger partial charge in [0.05, 0.1) is 0 Å². The fourth-order valence-corrected chi connectivity index (χ4v) is 8.50. The molecule has 4 fully saturated rings. The molecule has 0 N–H and O–H groups in total. The van der Waals surface area contributed by atoms with E-state index in [-0.39, 0.29) is 35.0 Å². The predicted octanol–water partition coefficient (Wildman–Crippen LogP) is 6.64. The van der Waals surface area contributed by atoms with Gasteiger partial charge < -0.3 is 9.47 Å². The number of hydrogen-bond acceptors (Lipinski definition) is 4. The molecule has 0 aromatic rings. The Bertz CT molecular complexity index is 691. The van der Waals surface area contributed by atoms with Crippen LogP contribution < -0.4 is 0 Å². The van der Waals surface area contributed by atoms with Gasteiger partial charge >= 0.3 is 11.9 Å². The highest BCUT2D eigenvalue weighted by molar-refractivity contribution is 5.87. The molecule has 0 radical (unpaired) electrons. The van der Waals surface area contributed by atoms with Gasteiger partial charge in [-0.2, -0.15) is 0 Å². The van der Waals surface area contributed by atoms with E-state index < -0.39 is 0 Å². The molecular weight excluding hydrogens is 400 g/mol. The van der Waals surface area contributed by atoms with E-state index >= 15 is 0 Å².